The molecule has 0 aromatic heterocycles. The Bertz CT molecular complexity index is 506. The second-order valence-electron chi connectivity index (χ2n) is 1.64. The van der Waals surface area contributed by atoms with E-state index >= 15 is 0 Å². The fraction of sp³-hybridized carbons (Fsp3) is 0.333. The van der Waals surface area contributed by atoms with Gasteiger partial charge in [-0.3, -0.25) is 0 Å². The molecule has 0 saturated carbocycles. The molecule has 0 bridgehead atoms. The Morgan fingerprint density at radius 1 is 1.80 bits per heavy atom. The third kappa shape index (κ3) is 2.19. The maximum Gasteiger partial charge on any atom is 0.0626 e. The minimum atomic E-state index is -3.04. The van der Waals surface area contributed by atoms with Crippen LogP contribution in [-0.4, -0.2) is 6.02 Å². The predicted molar refractivity (Wildman–Crippen MR) is 43.8 cm³/mol. The molecule has 0 aliphatic heterocycles. The Morgan fingerprint density at radius 3 is 3.10 bits per heavy atom. The van der Waals surface area contributed by atoms with Crippen molar-refractivity contribution in [1.29, 1.82) is 0 Å². The first-order chi connectivity index (χ1) is 8.84. The van der Waals surface area contributed by atoms with Gasteiger partial charge in [0.15, 0.2) is 0 Å². The molecule has 0 amide bonds. The number of hydrogen-bond acceptors (Lipinski definition) is 1. The van der Waals surface area contributed by atoms with Crippen LogP contribution in [0.2, 0.25) is 0 Å². The summed E-state index contributed by atoms with van der Waals surface area (Å²) in [6.45, 7) is -3.04. The lowest BCUT2D eigenvalue weighted by atomic mass is 10.1. The molecule has 0 spiro atoms. The second-order valence-corrected chi connectivity index (χ2v) is 1.64. The molecule has 0 aliphatic carbocycles. The van der Waals surface area contributed by atoms with Crippen molar-refractivity contribution < 1.29 is 13.7 Å². The van der Waals surface area contributed by atoms with Gasteiger partial charge in [-0.2, -0.15) is 0 Å². The highest BCUT2D eigenvalue weighted by Gasteiger charge is 1.94. The van der Waals surface area contributed by atoms with E-state index in [1.165, 1.54) is 0 Å². The van der Waals surface area contributed by atoms with Gasteiger partial charge in [0.25, 0.3) is 0 Å². The van der Waals surface area contributed by atoms with Crippen LogP contribution in [-0.2, 0) is 6.40 Å². The SMILES string of the molecule is [2H]c1c([2H])c([2H])c(C([2H])C([2H])(N)C([2H])([2H])[2H])c([2H])c1[2H]. The third-order valence-corrected chi connectivity index (χ3v) is 0.819. The highest BCUT2D eigenvalue weighted by molar-refractivity contribution is 5.15. The number of benzene rings is 1. The number of nitrogens with two attached hydrogens (primary N) is 1. The number of hydrogen-bond donors (Lipinski definition) is 1. The molecule has 10 heavy (non-hydrogen) atoms. The maximum atomic E-state index is 7.78. The second kappa shape index (κ2) is 3.37. The molecule has 0 aliphatic rings. The molecule has 1 aromatic carbocycles. The first-order valence-corrected chi connectivity index (χ1v) is 2.62. The zero-order chi connectivity index (χ0) is 16.0. The zero-order valence-electron chi connectivity index (χ0n) is 15.2. The van der Waals surface area contributed by atoms with Crippen LogP contribution >= 0.6 is 0 Å². The minimum Gasteiger partial charge on any atom is -0.328 e. The lowest BCUT2D eigenvalue weighted by Gasteiger charge is -2.02. The largest absolute Gasteiger partial charge is 0.328 e. The van der Waals surface area contributed by atoms with Crippen molar-refractivity contribution in [3.63, 3.8) is 0 Å². The molecule has 0 fully saturated rings. The van der Waals surface area contributed by atoms with Gasteiger partial charge in [0, 0.05) is 12.9 Å². The van der Waals surface area contributed by atoms with E-state index < -0.39 is 55.0 Å². The van der Waals surface area contributed by atoms with Gasteiger partial charge >= 0.3 is 0 Å². The molecule has 0 radical (unpaired) electrons. The molecule has 1 heteroatoms. The quantitative estimate of drug-likeness (QED) is 0.671. The van der Waals surface area contributed by atoms with Crippen LogP contribution in [0.1, 0.15) is 26.1 Å². The van der Waals surface area contributed by atoms with Crippen molar-refractivity contribution in [1.82, 2.24) is 0 Å². The fourth-order valence-corrected chi connectivity index (χ4v) is 0.487. The molecular weight excluding hydrogens is 122 g/mol. The molecule has 2 unspecified atom stereocenters. The highest BCUT2D eigenvalue weighted by atomic mass is 14.6. The molecule has 54 valence electrons. The summed E-state index contributed by atoms with van der Waals surface area (Å²) in [5.74, 6) is 0. The highest BCUT2D eigenvalue weighted by Crippen LogP contribution is 2.00. The average molecular weight is 145 g/mol. The summed E-state index contributed by atoms with van der Waals surface area (Å²) in [7, 11) is 0. The van der Waals surface area contributed by atoms with Crippen LogP contribution in [0.5, 0.6) is 0 Å². The summed E-state index contributed by atoms with van der Waals surface area (Å²) in [5, 5.41) is 0. The summed E-state index contributed by atoms with van der Waals surface area (Å²) in [5.41, 5.74) is 4.73. The first-order valence-electron chi connectivity index (χ1n) is 7.69. The fourth-order valence-electron chi connectivity index (χ4n) is 0.487. The molecule has 1 nitrogen and oxygen atoms in total. The van der Waals surface area contributed by atoms with E-state index in [4.69, 9.17) is 19.4 Å². The van der Waals surface area contributed by atoms with E-state index in [1.54, 1.807) is 0 Å². The molecule has 1 aromatic rings. The van der Waals surface area contributed by atoms with Crippen LogP contribution in [0, 0.1) is 0 Å². The van der Waals surface area contributed by atoms with Gasteiger partial charge in [-0.05, 0) is 18.8 Å². The van der Waals surface area contributed by atoms with E-state index in [1.807, 2.05) is 0 Å². The topological polar surface area (TPSA) is 26.0 Å². The van der Waals surface area contributed by atoms with Crippen molar-refractivity contribution in [2.75, 3.05) is 0 Å². The Morgan fingerprint density at radius 2 is 2.50 bits per heavy atom. The van der Waals surface area contributed by atoms with E-state index in [-0.39, 0.29) is 0 Å². The van der Waals surface area contributed by atoms with Crippen LogP contribution in [0.3, 0.4) is 0 Å². The van der Waals surface area contributed by atoms with E-state index in [2.05, 4.69) is 0 Å². The van der Waals surface area contributed by atoms with E-state index in [9.17, 15) is 0 Å². The van der Waals surface area contributed by atoms with Gasteiger partial charge in [0.05, 0.1) is 6.85 Å². The number of rotatable bonds is 2. The maximum absolute atomic E-state index is 7.78. The van der Waals surface area contributed by atoms with Crippen molar-refractivity contribution in [2.24, 2.45) is 5.73 Å². The third-order valence-electron chi connectivity index (χ3n) is 0.819. The molecule has 1 rings (SSSR count). The molecule has 2 N–H and O–H groups in total. The van der Waals surface area contributed by atoms with Crippen LogP contribution in [0.15, 0.2) is 30.2 Å². The Kier molecular flexibility index (Phi) is 0.563. The first kappa shape index (κ1) is 1.67. The molecular formula is C9H13N. The lowest BCUT2D eigenvalue weighted by Crippen LogP contribution is -2.17. The lowest BCUT2D eigenvalue weighted by molar-refractivity contribution is 0.738. The van der Waals surface area contributed by atoms with Crippen molar-refractivity contribution >= 4 is 0 Å². The Labute approximate surface area is 75.9 Å². The van der Waals surface area contributed by atoms with Gasteiger partial charge < -0.3 is 5.73 Å². The van der Waals surface area contributed by atoms with E-state index in [0.29, 0.717) is 0 Å². The molecule has 0 heterocycles. The standard InChI is InChI=1S/C9H13N/c1-8(10)7-9-5-3-2-4-6-9/h2-6,8H,7,10H2,1H3/i1D3,2D,3D,4D,5D,6D,7D,8D. The van der Waals surface area contributed by atoms with Crippen molar-refractivity contribution in [3.8, 4) is 0 Å². The van der Waals surface area contributed by atoms with Gasteiger partial charge in [-0.1, -0.05) is 30.2 Å². The molecule has 0 saturated heterocycles. The molecule has 2 atom stereocenters. The summed E-state index contributed by atoms with van der Waals surface area (Å²) in [4.78, 5) is 0. The monoisotopic (exact) mass is 145 g/mol. The zero-order valence-corrected chi connectivity index (χ0v) is 5.15. The predicted octanol–water partition coefficient (Wildman–Crippen LogP) is 1.58. The Hall–Kier alpha value is -0.820. The summed E-state index contributed by atoms with van der Waals surface area (Å²) in [6, 6.07) is -6.28. The Balaban J connectivity index is 3.57. The van der Waals surface area contributed by atoms with Crippen molar-refractivity contribution in [2.45, 2.75) is 19.3 Å². The minimum absolute atomic E-state index is 0.593. The summed E-state index contributed by atoms with van der Waals surface area (Å²) < 4.78 is 74.4. The summed E-state index contributed by atoms with van der Waals surface area (Å²) in [6.07, 6.45) is -2.01. The van der Waals surface area contributed by atoms with Gasteiger partial charge in [-0.25, -0.2) is 0 Å². The van der Waals surface area contributed by atoms with Crippen molar-refractivity contribution in [3.05, 3.63) is 35.8 Å². The normalized spacial score (nSPS) is 34.9. The van der Waals surface area contributed by atoms with Crippen LogP contribution in [0.25, 0.3) is 0 Å². The van der Waals surface area contributed by atoms with Gasteiger partial charge in [0.2, 0.25) is 0 Å². The van der Waals surface area contributed by atoms with Crippen LogP contribution < -0.4 is 5.73 Å². The van der Waals surface area contributed by atoms with Gasteiger partial charge in [0.1, 0.15) is 0 Å². The van der Waals surface area contributed by atoms with Crippen LogP contribution in [0.4, 0.5) is 0 Å². The van der Waals surface area contributed by atoms with E-state index in [0.717, 1.165) is 0 Å². The average Bonchev–Trinajstić information content (AvgIpc) is 2.32. The smallest absolute Gasteiger partial charge is 0.0626 e. The van der Waals surface area contributed by atoms with Gasteiger partial charge in [-0.15, -0.1) is 0 Å². The summed E-state index contributed by atoms with van der Waals surface area (Å²) >= 11 is 0.